The molecule has 0 bridgehead atoms. The van der Waals surface area contributed by atoms with Crippen molar-refractivity contribution in [2.24, 2.45) is 0 Å². The molecule has 0 radical (unpaired) electrons. The van der Waals surface area contributed by atoms with Crippen molar-refractivity contribution >= 4 is 5.97 Å². The summed E-state index contributed by atoms with van der Waals surface area (Å²) in [4.78, 5) is 12.0. The lowest BCUT2D eigenvalue weighted by atomic mass is 10.1. The maximum atomic E-state index is 12.0. The number of carbonyl (C=O) groups is 1. The molecule has 0 saturated carbocycles. The molecule has 160 valence electrons. The molecule has 7 heteroatoms. The predicted molar refractivity (Wildman–Crippen MR) is 106 cm³/mol. The number of benzene rings is 2. The van der Waals surface area contributed by atoms with E-state index >= 15 is 0 Å². The molecule has 0 unspecified atom stereocenters. The first-order valence-electron chi connectivity index (χ1n) is 9.98. The largest absolute Gasteiger partial charge is 0.479 e. The second-order valence-corrected chi connectivity index (χ2v) is 7.89. The molecule has 30 heavy (non-hydrogen) atoms. The van der Waals surface area contributed by atoms with E-state index in [1.54, 1.807) is 13.8 Å². The van der Waals surface area contributed by atoms with Crippen molar-refractivity contribution in [2.75, 3.05) is 0 Å². The first-order chi connectivity index (χ1) is 14.4. The summed E-state index contributed by atoms with van der Waals surface area (Å²) in [5.74, 6) is -1.99. The van der Waals surface area contributed by atoms with Crippen molar-refractivity contribution in [3.63, 3.8) is 0 Å². The Morgan fingerprint density at radius 1 is 0.967 bits per heavy atom. The van der Waals surface area contributed by atoms with Crippen LogP contribution in [0.5, 0.6) is 0 Å². The lowest BCUT2D eigenvalue weighted by Gasteiger charge is -2.27. The molecular formula is C23H26O7. The molecule has 0 aliphatic carbocycles. The molecule has 2 heterocycles. The van der Waals surface area contributed by atoms with E-state index in [1.165, 1.54) is 0 Å². The summed E-state index contributed by atoms with van der Waals surface area (Å²) < 4.78 is 29.6. The summed E-state index contributed by atoms with van der Waals surface area (Å²) in [6, 6.07) is 19.1. The van der Waals surface area contributed by atoms with Gasteiger partial charge in [-0.25, -0.2) is 4.79 Å². The van der Waals surface area contributed by atoms with Crippen LogP contribution in [0.1, 0.15) is 25.0 Å². The van der Waals surface area contributed by atoms with Gasteiger partial charge in [-0.1, -0.05) is 60.7 Å². The highest BCUT2D eigenvalue weighted by Gasteiger charge is 2.59. The Hall–Kier alpha value is -2.29. The Morgan fingerprint density at radius 3 is 2.13 bits per heavy atom. The highest BCUT2D eigenvalue weighted by molar-refractivity contribution is 5.73. The molecule has 2 aliphatic heterocycles. The third-order valence-corrected chi connectivity index (χ3v) is 5.12. The molecule has 0 spiro atoms. The Balaban J connectivity index is 1.48. The Kier molecular flexibility index (Phi) is 6.17. The fourth-order valence-corrected chi connectivity index (χ4v) is 3.79. The predicted octanol–water partition coefficient (Wildman–Crippen LogP) is 3.12. The maximum Gasteiger partial charge on any atom is 0.335 e. The number of fused-ring (bicyclic) bond motifs is 1. The van der Waals surface area contributed by atoms with Crippen molar-refractivity contribution in [1.29, 1.82) is 0 Å². The molecule has 2 fully saturated rings. The van der Waals surface area contributed by atoms with Crippen LogP contribution in [0, 0.1) is 0 Å². The minimum absolute atomic E-state index is 0.148. The highest BCUT2D eigenvalue weighted by atomic mass is 16.8. The van der Waals surface area contributed by atoms with E-state index in [9.17, 15) is 9.90 Å². The third-order valence-electron chi connectivity index (χ3n) is 5.12. The zero-order valence-electron chi connectivity index (χ0n) is 17.0. The minimum atomic E-state index is -1.22. The van der Waals surface area contributed by atoms with Crippen molar-refractivity contribution in [3.8, 4) is 0 Å². The van der Waals surface area contributed by atoms with Crippen LogP contribution in [-0.4, -0.2) is 47.6 Å². The van der Waals surface area contributed by atoms with E-state index in [0.29, 0.717) is 6.61 Å². The summed E-state index contributed by atoms with van der Waals surface area (Å²) in [7, 11) is 0. The summed E-state index contributed by atoms with van der Waals surface area (Å²) in [5.41, 5.74) is 1.86. The molecule has 0 aromatic heterocycles. The van der Waals surface area contributed by atoms with Gasteiger partial charge in [-0.3, -0.25) is 0 Å². The van der Waals surface area contributed by atoms with E-state index < -0.39 is 42.5 Å². The van der Waals surface area contributed by atoms with Gasteiger partial charge in [-0.15, -0.1) is 0 Å². The van der Waals surface area contributed by atoms with Crippen LogP contribution >= 0.6 is 0 Å². The molecule has 5 atom stereocenters. The topological polar surface area (TPSA) is 83.5 Å². The summed E-state index contributed by atoms with van der Waals surface area (Å²) in [6.45, 7) is 4.04. The molecule has 4 rings (SSSR count). The molecule has 1 N–H and O–H groups in total. The van der Waals surface area contributed by atoms with Gasteiger partial charge in [0.25, 0.3) is 0 Å². The zero-order valence-corrected chi connectivity index (χ0v) is 17.0. The van der Waals surface area contributed by atoms with Crippen LogP contribution in [0.2, 0.25) is 0 Å². The Bertz CT molecular complexity index is 839. The maximum absolute atomic E-state index is 12.0. The average Bonchev–Trinajstić information content (AvgIpc) is 3.21. The van der Waals surface area contributed by atoms with Gasteiger partial charge >= 0.3 is 5.97 Å². The minimum Gasteiger partial charge on any atom is -0.479 e. The average molecular weight is 414 g/mol. The smallest absolute Gasteiger partial charge is 0.335 e. The SMILES string of the molecule is CC1(C)O[C@@H]2[C@H](O1)[C@@H](OCc1ccccc1)O[C@@H]2[C@H](OCc1ccccc1)C(=O)O. The molecule has 2 aromatic carbocycles. The number of rotatable bonds is 8. The Morgan fingerprint density at radius 2 is 1.53 bits per heavy atom. The summed E-state index contributed by atoms with van der Waals surface area (Å²) >= 11 is 0. The summed E-state index contributed by atoms with van der Waals surface area (Å²) in [5, 5.41) is 9.81. The van der Waals surface area contributed by atoms with Gasteiger partial charge in [0, 0.05) is 0 Å². The number of carboxylic acid groups (broad SMARTS) is 1. The molecule has 0 amide bonds. The van der Waals surface area contributed by atoms with Crippen LogP contribution < -0.4 is 0 Å². The zero-order chi connectivity index (χ0) is 21.1. The Labute approximate surface area is 175 Å². The van der Waals surface area contributed by atoms with Gasteiger partial charge in [-0.05, 0) is 25.0 Å². The number of aliphatic carboxylic acids is 1. The van der Waals surface area contributed by atoms with Crippen molar-refractivity contribution in [2.45, 2.75) is 63.6 Å². The van der Waals surface area contributed by atoms with E-state index in [2.05, 4.69) is 0 Å². The van der Waals surface area contributed by atoms with Crippen molar-refractivity contribution in [1.82, 2.24) is 0 Å². The summed E-state index contributed by atoms with van der Waals surface area (Å²) in [6.07, 6.45) is -4.00. The fraction of sp³-hybridized carbons (Fsp3) is 0.435. The van der Waals surface area contributed by atoms with Gasteiger partial charge < -0.3 is 28.8 Å². The third kappa shape index (κ3) is 4.71. The van der Waals surface area contributed by atoms with E-state index in [1.807, 2.05) is 60.7 Å². The molecular weight excluding hydrogens is 388 g/mol. The first-order valence-corrected chi connectivity index (χ1v) is 9.98. The van der Waals surface area contributed by atoms with E-state index in [0.717, 1.165) is 11.1 Å². The van der Waals surface area contributed by atoms with Crippen LogP contribution in [0.4, 0.5) is 0 Å². The van der Waals surface area contributed by atoms with Crippen LogP contribution in [0.15, 0.2) is 60.7 Å². The number of ether oxygens (including phenoxy) is 5. The lowest BCUT2D eigenvalue weighted by Crippen LogP contribution is -2.44. The van der Waals surface area contributed by atoms with Gasteiger partial charge in [-0.2, -0.15) is 0 Å². The van der Waals surface area contributed by atoms with E-state index in [-0.39, 0.29) is 6.61 Å². The number of hydrogen-bond donors (Lipinski definition) is 1. The van der Waals surface area contributed by atoms with E-state index in [4.69, 9.17) is 23.7 Å². The van der Waals surface area contributed by atoms with Crippen LogP contribution in [0.25, 0.3) is 0 Å². The fourth-order valence-electron chi connectivity index (χ4n) is 3.79. The molecule has 2 aliphatic rings. The van der Waals surface area contributed by atoms with Gasteiger partial charge in [0.1, 0.15) is 18.3 Å². The lowest BCUT2D eigenvalue weighted by molar-refractivity contribution is -0.249. The normalized spacial score (nSPS) is 28.2. The number of hydrogen-bond acceptors (Lipinski definition) is 6. The van der Waals surface area contributed by atoms with Gasteiger partial charge in [0.15, 0.2) is 18.2 Å². The first kappa shape index (κ1) is 21.0. The standard InChI is InChI=1S/C23H26O7/c1-23(2)29-18-17(19(21(24)25)26-13-15-9-5-3-6-10-15)28-22(20(18)30-23)27-14-16-11-7-4-8-12-16/h3-12,17-20,22H,13-14H2,1-2H3,(H,24,25)/t17-,18-,19-,20-,22-/m0/s1. The van der Waals surface area contributed by atoms with Crippen LogP contribution in [-0.2, 0) is 41.7 Å². The highest BCUT2D eigenvalue weighted by Crippen LogP contribution is 2.41. The van der Waals surface area contributed by atoms with Crippen LogP contribution in [0.3, 0.4) is 0 Å². The van der Waals surface area contributed by atoms with Crippen molar-refractivity contribution < 1.29 is 33.6 Å². The van der Waals surface area contributed by atoms with Crippen molar-refractivity contribution in [3.05, 3.63) is 71.8 Å². The molecule has 7 nitrogen and oxygen atoms in total. The molecule has 2 aromatic rings. The second-order valence-electron chi connectivity index (χ2n) is 7.89. The van der Waals surface area contributed by atoms with Gasteiger partial charge in [0.2, 0.25) is 0 Å². The molecule has 2 saturated heterocycles. The number of carboxylic acids is 1. The second kappa shape index (κ2) is 8.83. The quantitative estimate of drug-likeness (QED) is 0.711. The van der Waals surface area contributed by atoms with Gasteiger partial charge in [0.05, 0.1) is 13.2 Å². The monoisotopic (exact) mass is 414 g/mol.